The number of hydrogen-bond donors (Lipinski definition) is 1. The van der Waals surface area contributed by atoms with Gasteiger partial charge >= 0.3 is 0 Å². The first-order valence-corrected chi connectivity index (χ1v) is 13.5. The Morgan fingerprint density at radius 2 is 1.97 bits per heavy atom. The number of aromatic amines is 1. The largest absolute Gasteiger partial charge is 0.493 e. The van der Waals surface area contributed by atoms with E-state index in [0.29, 0.717) is 31.2 Å². The molecule has 2 saturated heterocycles. The molecular weight excluding hydrogens is 482 g/mol. The number of carbonyl (C=O) groups excluding carboxylic acids is 2. The van der Waals surface area contributed by atoms with Crippen LogP contribution in [0.1, 0.15) is 56.4 Å². The molecule has 3 aromatic rings. The van der Waals surface area contributed by atoms with Crippen LogP contribution >= 0.6 is 0 Å². The molecule has 0 spiro atoms. The second-order valence-corrected chi connectivity index (χ2v) is 11.0. The van der Waals surface area contributed by atoms with Gasteiger partial charge in [0.25, 0.3) is 5.91 Å². The van der Waals surface area contributed by atoms with Crippen molar-refractivity contribution in [2.24, 2.45) is 0 Å². The number of methoxy groups -OCH3 is 1. The number of fused-ring (bicyclic) bond motifs is 5. The van der Waals surface area contributed by atoms with Crippen LogP contribution in [0.3, 0.4) is 0 Å². The van der Waals surface area contributed by atoms with Crippen LogP contribution in [0.5, 0.6) is 11.5 Å². The second-order valence-electron chi connectivity index (χ2n) is 11.0. The third-order valence-electron chi connectivity index (χ3n) is 8.22. The van der Waals surface area contributed by atoms with Crippen LogP contribution in [0, 0.1) is 0 Å². The van der Waals surface area contributed by atoms with E-state index < -0.39 is 5.54 Å². The van der Waals surface area contributed by atoms with Crippen LogP contribution in [0.15, 0.2) is 42.5 Å². The summed E-state index contributed by atoms with van der Waals surface area (Å²) in [5.74, 6) is 1.08. The minimum Gasteiger partial charge on any atom is -0.493 e. The van der Waals surface area contributed by atoms with E-state index in [9.17, 15) is 9.59 Å². The summed E-state index contributed by atoms with van der Waals surface area (Å²) in [6.45, 7) is 7.48. The third-order valence-corrected chi connectivity index (χ3v) is 8.22. The fraction of sp³-hybridized carbons (Fsp3) is 0.467. The number of piperazine rings is 1. The lowest BCUT2D eigenvalue weighted by molar-refractivity contribution is -0.167. The number of benzene rings is 2. The Kier molecular flexibility index (Phi) is 6.10. The molecule has 8 heteroatoms. The summed E-state index contributed by atoms with van der Waals surface area (Å²) in [5, 5.41) is 1.06. The number of carbonyl (C=O) groups is 2. The molecule has 0 saturated carbocycles. The number of ether oxygens (including phenoxy) is 3. The molecule has 200 valence electrons. The van der Waals surface area contributed by atoms with E-state index >= 15 is 0 Å². The van der Waals surface area contributed by atoms with Crippen molar-refractivity contribution in [3.63, 3.8) is 0 Å². The van der Waals surface area contributed by atoms with Gasteiger partial charge in [0.2, 0.25) is 5.91 Å². The minimum atomic E-state index is -1.12. The van der Waals surface area contributed by atoms with Gasteiger partial charge in [-0.25, -0.2) is 0 Å². The Balaban J connectivity index is 1.47. The molecular formula is C30H35N3O5. The van der Waals surface area contributed by atoms with Crippen molar-refractivity contribution in [2.45, 2.75) is 57.3 Å². The van der Waals surface area contributed by atoms with E-state index in [1.165, 1.54) is 0 Å². The Bertz CT molecular complexity index is 1390. The van der Waals surface area contributed by atoms with Crippen molar-refractivity contribution < 1.29 is 23.8 Å². The molecule has 2 unspecified atom stereocenters. The van der Waals surface area contributed by atoms with Crippen LogP contribution in [-0.4, -0.2) is 72.2 Å². The van der Waals surface area contributed by atoms with Gasteiger partial charge in [0.05, 0.1) is 31.6 Å². The predicted octanol–water partition coefficient (Wildman–Crippen LogP) is 4.17. The van der Waals surface area contributed by atoms with Crippen LogP contribution in [0.2, 0.25) is 0 Å². The number of amides is 2. The molecule has 1 N–H and O–H groups in total. The Hall–Kier alpha value is -3.52. The average Bonchev–Trinajstić information content (AvgIpc) is 3.56. The molecule has 0 aliphatic carbocycles. The molecule has 3 aliphatic rings. The summed E-state index contributed by atoms with van der Waals surface area (Å²) in [6, 6.07) is 14.1. The standard InChI is InChI=1S/C30H35N3O5/c1-18(2)38-24-12-11-19(14-25(24)36-4)22-16-33-26(34)17-32(15-20-8-7-13-37-20)29(35)30(33,3)28-27(22)21-9-5-6-10-23(21)31-28/h5-6,9-12,14,18,20,22,31H,7-8,13,15-17H2,1-4H3/t20?,22?,30-/m0/s1. The summed E-state index contributed by atoms with van der Waals surface area (Å²) < 4.78 is 17.4. The molecule has 4 heterocycles. The zero-order chi connectivity index (χ0) is 26.6. The van der Waals surface area contributed by atoms with E-state index in [2.05, 4.69) is 11.1 Å². The fourth-order valence-corrected chi connectivity index (χ4v) is 6.41. The van der Waals surface area contributed by atoms with Crippen molar-refractivity contribution in [2.75, 3.05) is 33.4 Å². The molecule has 2 fully saturated rings. The normalized spacial score (nSPS) is 25.2. The Labute approximate surface area is 222 Å². The van der Waals surface area contributed by atoms with Crippen molar-refractivity contribution in [1.82, 2.24) is 14.8 Å². The van der Waals surface area contributed by atoms with Crippen molar-refractivity contribution >= 4 is 22.7 Å². The quantitative estimate of drug-likeness (QED) is 0.531. The number of nitrogens with zero attached hydrogens (tertiary/aromatic N) is 2. The SMILES string of the molecule is COc1cc(C2CN3C(=O)CN(CC4CCCO4)C(=O)[C@]3(C)c3[nH]c4ccccc4c32)ccc1OC(C)C. The molecule has 2 aromatic carbocycles. The average molecular weight is 518 g/mol. The van der Waals surface area contributed by atoms with Gasteiger partial charge in [0.15, 0.2) is 17.0 Å². The monoisotopic (exact) mass is 517 g/mol. The van der Waals surface area contributed by atoms with Gasteiger partial charge in [-0.1, -0.05) is 24.3 Å². The highest BCUT2D eigenvalue weighted by molar-refractivity contribution is 6.01. The Morgan fingerprint density at radius 3 is 2.71 bits per heavy atom. The van der Waals surface area contributed by atoms with E-state index in [0.717, 1.165) is 40.6 Å². The molecule has 0 bridgehead atoms. The zero-order valence-corrected chi connectivity index (χ0v) is 22.5. The van der Waals surface area contributed by atoms with E-state index in [1.54, 1.807) is 16.9 Å². The van der Waals surface area contributed by atoms with Crippen LogP contribution in [0.25, 0.3) is 10.9 Å². The maximum absolute atomic E-state index is 14.2. The molecule has 0 radical (unpaired) electrons. The molecule has 38 heavy (non-hydrogen) atoms. The smallest absolute Gasteiger partial charge is 0.255 e. The molecule has 3 aliphatic heterocycles. The maximum Gasteiger partial charge on any atom is 0.255 e. The highest BCUT2D eigenvalue weighted by Crippen LogP contribution is 2.49. The first-order valence-electron chi connectivity index (χ1n) is 13.5. The lowest BCUT2D eigenvalue weighted by Gasteiger charge is -2.51. The first kappa shape index (κ1) is 24.8. The lowest BCUT2D eigenvalue weighted by atomic mass is 9.76. The van der Waals surface area contributed by atoms with Gasteiger partial charge in [0, 0.05) is 36.5 Å². The number of aromatic nitrogens is 1. The van der Waals surface area contributed by atoms with Gasteiger partial charge in [-0.2, -0.15) is 0 Å². The van der Waals surface area contributed by atoms with Gasteiger partial charge in [0.1, 0.15) is 0 Å². The van der Waals surface area contributed by atoms with E-state index in [-0.39, 0.29) is 36.5 Å². The minimum absolute atomic E-state index is 0.0138. The fourth-order valence-electron chi connectivity index (χ4n) is 6.41. The topological polar surface area (TPSA) is 84.1 Å². The van der Waals surface area contributed by atoms with Crippen LogP contribution in [-0.2, 0) is 19.9 Å². The molecule has 2 amide bonds. The van der Waals surface area contributed by atoms with E-state index in [4.69, 9.17) is 14.2 Å². The highest BCUT2D eigenvalue weighted by atomic mass is 16.5. The summed E-state index contributed by atoms with van der Waals surface area (Å²) in [7, 11) is 1.64. The number of rotatable bonds is 6. The first-order chi connectivity index (χ1) is 18.3. The lowest BCUT2D eigenvalue weighted by Crippen LogP contribution is -2.68. The van der Waals surface area contributed by atoms with Gasteiger partial charge in [-0.15, -0.1) is 0 Å². The summed E-state index contributed by atoms with van der Waals surface area (Å²) in [5.41, 5.74) is 2.68. The molecule has 3 atom stereocenters. The van der Waals surface area contributed by atoms with Crippen molar-refractivity contribution in [1.29, 1.82) is 0 Å². The van der Waals surface area contributed by atoms with E-state index in [1.807, 2.05) is 57.2 Å². The second kappa shape index (κ2) is 9.34. The summed E-state index contributed by atoms with van der Waals surface area (Å²) in [6.07, 6.45) is 1.90. The maximum atomic E-state index is 14.2. The van der Waals surface area contributed by atoms with Crippen molar-refractivity contribution in [3.8, 4) is 11.5 Å². The molecule has 6 rings (SSSR count). The number of hydrogen-bond acceptors (Lipinski definition) is 5. The predicted molar refractivity (Wildman–Crippen MR) is 144 cm³/mol. The van der Waals surface area contributed by atoms with Gasteiger partial charge in [-0.3, -0.25) is 9.59 Å². The number of H-pyrrole nitrogens is 1. The van der Waals surface area contributed by atoms with Crippen LogP contribution in [0.4, 0.5) is 0 Å². The molecule has 8 nitrogen and oxygen atoms in total. The summed E-state index contributed by atoms with van der Waals surface area (Å²) >= 11 is 0. The Morgan fingerprint density at radius 1 is 1.16 bits per heavy atom. The van der Waals surface area contributed by atoms with Crippen LogP contribution < -0.4 is 9.47 Å². The number of nitrogens with one attached hydrogen (secondary N) is 1. The summed E-state index contributed by atoms with van der Waals surface area (Å²) in [4.78, 5) is 34.9. The number of para-hydroxylation sites is 1. The zero-order valence-electron chi connectivity index (χ0n) is 22.5. The van der Waals surface area contributed by atoms with Gasteiger partial charge in [-0.05, 0) is 62.9 Å². The third kappa shape index (κ3) is 3.85. The molecule has 1 aromatic heterocycles. The van der Waals surface area contributed by atoms with Gasteiger partial charge < -0.3 is 29.0 Å². The highest BCUT2D eigenvalue weighted by Gasteiger charge is 2.56. The van der Waals surface area contributed by atoms with Crippen molar-refractivity contribution in [3.05, 3.63) is 59.3 Å².